The zero-order valence-electron chi connectivity index (χ0n) is 17.3. The smallest absolute Gasteiger partial charge is 0.244 e. The lowest BCUT2D eigenvalue weighted by Gasteiger charge is -2.14. The van der Waals surface area contributed by atoms with Crippen molar-refractivity contribution in [3.05, 3.63) is 61.6 Å². The average Bonchev–Trinajstić information content (AvgIpc) is 3.56. The van der Waals surface area contributed by atoms with Crippen molar-refractivity contribution in [3.63, 3.8) is 0 Å². The largest absolute Gasteiger partial charge is 0.341 e. The lowest BCUT2D eigenvalue weighted by Crippen LogP contribution is -2.31. The Balaban J connectivity index is 1.32. The van der Waals surface area contributed by atoms with Crippen molar-refractivity contribution in [2.45, 2.75) is 19.4 Å². The summed E-state index contributed by atoms with van der Waals surface area (Å²) in [6.07, 6.45) is 13.0. The van der Waals surface area contributed by atoms with Crippen molar-refractivity contribution in [1.82, 2.24) is 34.2 Å². The first-order valence-electron chi connectivity index (χ1n) is 10.4. The van der Waals surface area contributed by atoms with Crippen LogP contribution in [0.5, 0.6) is 0 Å². The second kappa shape index (κ2) is 8.14. The Labute approximate surface area is 180 Å². The van der Waals surface area contributed by atoms with Gasteiger partial charge in [-0.2, -0.15) is 5.10 Å². The molecular weight excluding hydrogens is 390 g/mol. The van der Waals surface area contributed by atoms with Crippen LogP contribution < -0.4 is 0 Å². The van der Waals surface area contributed by atoms with Crippen LogP contribution in [-0.4, -0.2) is 53.2 Å². The van der Waals surface area contributed by atoms with Crippen LogP contribution in [0.4, 0.5) is 0 Å². The molecule has 0 N–H and O–H groups in total. The average molecular weight is 413 g/mol. The van der Waals surface area contributed by atoms with Crippen LogP contribution >= 0.6 is 0 Å². The predicted molar refractivity (Wildman–Crippen MR) is 117 cm³/mol. The van der Waals surface area contributed by atoms with E-state index in [1.54, 1.807) is 29.6 Å². The van der Waals surface area contributed by atoms with Crippen LogP contribution in [0.1, 0.15) is 12.8 Å². The van der Waals surface area contributed by atoms with Gasteiger partial charge in [0.2, 0.25) is 5.91 Å². The summed E-state index contributed by atoms with van der Waals surface area (Å²) in [6.45, 7) is 1.97. The standard InChI is InChI=1S/C23H23N7O/c1-28-16-24-13-21(28)17-5-4-6-18(9-17)23-25-10-19(11-26-23)20-12-27-30(14-20)15-22(31)29-7-2-3-8-29/h4-6,9-14,16H,2-3,7-8,15H2,1H3. The number of carbonyl (C=O) groups excluding carboxylic acids is 1. The Morgan fingerprint density at radius 3 is 2.48 bits per heavy atom. The van der Waals surface area contributed by atoms with Gasteiger partial charge in [0, 0.05) is 61.0 Å². The minimum atomic E-state index is 0.118. The van der Waals surface area contributed by atoms with Gasteiger partial charge >= 0.3 is 0 Å². The number of amides is 1. The molecule has 0 spiro atoms. The zero-order chi connectivity index (χ0) is 21.2. The summed E-state index contributed by atoms with van der Waals surface area (Å²) in [5, 5.41) is 4.34. The van der Waals surface area contributed by atoms with Crippen LogP contribution in [0.25, 0.3) is 33.8 Å². The lowest BCUT2D eigenvalue weighted by atomic mass is 10.1. The van der Waals surface area contributed by atoms with E-state index < -0.39 is 0 Å². The molecule has 31 heavy (non-hydrogen) atoms. The van der Waals surface area contributed by atoms with Crippen LogP contribution in [0.3, 0.4) is 0 Å². The van der Waals surface area contributed by atoms with Gasteiger partial charge in [-0.05, 0) is 18.9 Å². The lowest BCUT2D eigenvalue weighted by molar-refractivity contribution is -0.130. The first-order chi connectivity index (χ1) is 15.2. The van der Waals surface area contributed by atoms with E-state index in [-0.39, 0.29) is 12.5 Å². The van der Waals surface area contributed by atoms with Crippen molar-refractivity contribution in [1.29, 1.82) is 0 Å². The minimum Gasteiger partial charge on any atom is -0.341 e. The fourth-order valence-electron chi connectivity index (χ4n) is 3.88. The molecule has 1 saturated heterocycles. The molecule has 1 aliphatic heterocycles. The number of aromatic nitrogens is 6. The summed E-state index contributed by atoms with van der Waals surface area (Å²) in [7, 11) is 1.97. The van der Waals surface area contributed by atoms with E-state index in [0.29, 0.717) is 5.82 Å². The summed E-state index contributed by atoms with van der Waals surface area (Å²) < 4.78 is 3.66. The molecule has 1 aliphatic rings. The minimum absolute atomic E-state index is 0.118. The number of rotatable bonds is 5. The fourth-order valence-corrected chi connectivity index (χ4v) is 3.88. The van der Waals surface area contributed by atoms with Crippen molar-refractivity contribution in [3.8, 4) is 33.8 Å². The Morgan fingerprint density at radius 1 is 0.968 bits per heavy atom. The Morgan fingerprint density at radius 2 is 1.74 bits per heavy atom. The van der Waals surface area contributed by atoms with Gasteiger partial charge < -0.3 is 9.47 Å². The van der Waals surface area contributed by atoms with Crippen LogP contribution in [0.2, 0.25) is 0 Å². The third-order valence-electron chi connectivity index (χ3n) is 5.61. The summed E-state index contributed by atoms with van der Waals surface area (Å²) in [6, 6.07) is 8.11. The topological polar surface area (TPSA) is 81.7 Å². The number of imidazole rings is 1. The molecule has 1 aromatic carbocycles. The molecule has 8 heteroatoms. The SMILES string of the molecule is Cn1cncc1-c1cccc(-c2ncc(-c3cnn(CC(=O)N4CCCC4)c3)cn2)c1. The van der Waals surface area contributed by atoms with Crippen molar-refractivity contribution >= 4 is 5.91 Å². The van der Waals surface area contributed by atoms with Crippen LogP contribution in [0, 0.1) is 0 Å². The highest BCUT2D eigenvalue weighted by atomic mass is 16.2. The highest BCUT2D eigenvalue weighted by Gasteiger charge is 2.18. The first kappa shape index (κ1) is 19.2. The molecule has 1 fully saturated rings. The molecule has 156 valence electrons. The first-order valence-corrected chi connectivity index (χ1v) is 10.4. The maximum atomic E-state index is 12.3. The molecule has 8 nitrogen and oxygen atoms in total. The molecule has 5 rings (SSSR count). The molecule has 4 heterocycles. The van der Waals surface area contributed by atoms with E-state index in [0.717, 1.165) is 53.9 Å². The van der Waals surface area contributed by atoms with Crippen LogP contribution in [-0.2, 0) is 18.4 Å². The van der Waals surface area contributed by atoms with Gasteiger partial charge in [-0.25, -0.2) is 15.0 Å². The maximum Gasteiger partial charge on any atom is 0.244 e. The predicted octanol–water partition coefficient (Wildman–Crippen LogP) is 3.03. The van der Waals surface area contributed by atoms with E-state index in [1.165, 1.54) is 0 Å². The highest BCUT2D eigenvalue weighted by molar-refractivity contribution is 5.76. The summed E-state index contributed by atoms with van der Waals surface area (Å²) >= 11 is 0. The van der Waals surface area contributed by atoms with Gasteiger partial charge in [0.05, 0.1) is 24.4 Å². The molecule has 0 saturated carbocycles. The van der Waals surface area contributed by atoms with Gasteiger partial charge in [0.25, 0.3) is 0 Å². The number of hydrogen-bond acceptors (Lipinski definition) is 5. The van der Waals surface area contributed by atoms with Crippen LogP contribution in [0.15, 0.2) is 61.6 Å². The monoisotopic (exact) mass is 413 g/mol. The van der Waals surface area contributed by atoms with Gasteiger partial charge in [-0.1, -0.05) is 18.2 Å². The van der Waals surface area contributed by atoms with Crippen molar-refractivity contribution in [2.75, 3.05) is 13.1 Å². The van der Waals surface area contributed by atoms with E-state index in [2.05, 4.69) is 26.1 Å². The normalized spacial score (nSPS) is 13.6. The molecule has 0 radical (unpaired) electrons. The number of likely N-dealkylation sites (tertiary alicyclic amines) is 1. The number of carbonyl (C=O) groups is 1. The number of aryl methyl sites for hydroxylation is 1. The summed E-state index contributed by atoms with van der Waals surface area (Å²) in [5.41, 5.74) is 4.80. The maximum absolute atomic E-state index is 12.3. The van der Waals surface area contributed by atoms with Crippen molar-refractivity contribution < 1.29 is 4.79 Å². The zero-order valence-corrected chi connectivity index (χ0v) is 17.3. The Kier molecular flexibility index (Phi) is 5.03. The van der Waals surface area contributed by atoms with Gasteiger partial charge in [0.15, 0.2) is 5.82 Å². The number of hydrogen-bond donors (Lipinski definition) is 0. The summed E-state index contributed by atoms with van der Waals surface area (Å²) in [5.74, 6) is 0.774. The molecule has 0 atom stereocenters. The van der Waals surface area contributed by atoms with E-state index in [1.807, 2.05) is 47.1 Å². The molecule has 0 bridgehead atoms. The molecule has 0 unspecified atom stereocenters. The highest BCUT2D eigenvalue weighted by Crippen LogP contribution is 2.25. The number of benzene rings is 1. The Hall–Kier alpha value is -3.81. The summed E-state index contributed by atoms with van der Waals surface area (Å²) in [4.78, 5) is 27.5. The fraction of sp³-hybridized carbons (Fsp3) is 0.261. The quantitative estimate of drug-likeness (QED) is 0.502. The third kappa shape index (κ3) is 3.96. The second-order valence-electron chi connectivity index (χ2n) is 7.78. The molecule has 1 amide bonds. The third-order valence-corrected chi connectivity index (χ3v) is 5.61. The van der Waals surface area contributed by atoms with Gasteiger partial charge in [0.1, 0.15) is 6.54 Å². The molecule has 0 aliphatic carbocycles. The van der Waals surface area contributed by atoms with Crippen molar-refractivity contribution in [2.24, 2.45) is 7.05 Å². The van der Waals surface area contributed by atoms with E-state index >= 15 is 0 Å². The van der Waals surface area contributed by atoms with Gasteiger partial charge in [-0.15, -0.1) is 0 Å². The second-order valence-corrected chi connectivity index (χ2v) is 7.78. The molecular formula is C23H23N7O. The Bertz CT molecular complexity index is 1200. The number of nitrogens with zero attached hydrogens (tertiary/aromatic N) is 7. The van der Waals surface area contributed by atoms with E-state index in [9.17, 15) is 4.79 Å². The molecule has 4 aromatic rings. The molecule has 3 aromatic heterocycles. The van der Waals surface area contributed by atoms with E-state index in [4.69, 9.17) is 0 Å². The van der Waals surface area contributed by atoms with Gasteiger partial charge in [-0.3, -0.25) is 9.48 Å².